The van der Waals surface area contributed by atoms with Crippen LogP contribution < -0.4 is 9.64 Å². The van der Waals surface area contributed by atoms with Gasteiger partial charge in [0.1, 0.15) is 11.6 Å². The van der Waals surface area contributed by atoms with Gasteiger partial charge in [0.05, 0.1) is 19.4 Å². The number of halogens is 1. The second-order valence-corrected chi connectivity index (χ2v) is 8.03. The van der Waals surface area contributed by atoms with Crippen LogP contribution >= 0.6 is 0 Å². The molecule has 0 radical (unpaired) electrons. The molecule has 8 heteroatoms. The minimum absolute atomic E-state index is 0.0756. The molecular weight excluding hydrogens is 359 g/mol. The molecule has 0 spiro atoms. The second-order valence-electron chi connectivity index (χ2n) is 6.06. The molecule has 0 unspecified atom stereocenters. The Morgan fingerprint density at radius 3 is 2.62 bits per heavy atom. The summed E-state index contributed by atoms with van der Waals surface area (Å²) in [5.74, 6) is -1.04. The molecule has 0 atom stereocenters. The smallest absolute Gasteiger partial charge is 0.242 e. The Morgan fingerprint density at radius 2 is 1.88 bits per heavy atom. The van der Waals surface area contributed by atoms with Crippen molar-refractivity contribution in [3.63, 3.8) is 0 Å². The Labute approximate surface area is 151 Å². The molecule has 26 heavy (non-hydrogen) atoms. The molecule has 1 aliphatic rings. The third kappa shape index (κ3) is 3.56. The summed E-state index contributed by atoms with van der Waals surface area (Å²) in [6.45, 7) is -0.197. The van der Waals surface area contributed by atoms with Crippen LogP contribution in [-0.2, 0) is 27.1 Å². The van der Waals surface area contributed by atoms with Crippen molar-refractivity contribution >= 4 is 21.6 Å². The third-order valence-corrected chi connectivity index (χ3v) is 6.08. The molecule has 0 fully saturated rings. The number of fused-ring (bicyclic) bond motifs is 1. The van der Waals surface area contributed by atoms with Crippen molar-refractivity contribution in [2.45, 2.75) is 12.3 Å². The molecule has 1 amide bonds. The number of hydrogen-bond acceptors (Lipinski definition) is 4. The molecule has 3 rings (SSSR count). The van der Waals surface area contributed by atoms with E-state index in [2.05, 4.69) is 0 Å². The SMILES string of the molecule is COc1ccc(F)cc1CS(=O)(=O)N1CC(=O)N(C)c2ccccc2C1. The molecular formula is C18H19FN2O4S. The summed E-state index contributed by atoms with van der Waals surface area (Å²) >= 11 is 0. The van der Waals surface area contributed by atoms with Gasteiger partial charge in [-0.1, -0.05) is 18.2 Å². The topological polar surface area (TPSA) is 66.9 Å². The number of para-hydroxylation sites is 1. The number of rotatable bonds is 4. The summed E-state index contributed by atoms with van der Waals surface area (Å²) in [6.07, 6.45) is 0. The quantitative estimate of drug-likeness (QED) is 0.818. The summed E-state index contributed by atoms with van der Waals surface area (Å²) in [7, 11) is -0.858. The van der Waals surface area contributed by atoms with Gasteiger partial charge >= 0.3 is 0 Å². The molecule has 0 aromatic heterocycles. The van der Waals surface area contributed by atoms with Gasteiger partial charge in [-0.05, 0) is 29.8 Å². The van der Waals surface area contributed by atoms with Crippen molar-refractivity contribution in [3.05, 3.63) is 59.4 Å². The van der Waals surface area contributed by atoms with Crippen molar-refractivity contribution < 1.29 is 22.3 Å². The number of hydrogen-bond donors (Lipinski definition) is 0. The number of methoxy groups -OCH3 is 1. The lowest BCUT2D eigenvalue weighted by atomic mass is 10.1. The zero-order valence-electron chi connectivity index (χ0n) is 14.5. The number of amides is 1. The Morgan fingerprint density at radius 1 is 1.15 bits per heavy atom. The Hall–Kier alpha value is -2.45. The zero-order chi connectivity index (χ0) is 18.9. The van der Waals surface area contributed by atoms with Gasteiger partial charge in [-0.25, -0.2) is 12.8 Å². The summed E-state index contributed by atoms with van der Waals surface area (Å²) in [5.41, 5.74) is 1.63. The molecule has 1 aliphatic heterocycles. The van der Waals surface area contributed by atoms with Gasteiger partial charge in [-0.15, -0.1) is 0 Å². The van der Waals surface area contributed by atoms with Gasteiger partial charge in [-0.2, -0.15) is 4.31 Å². The van der Waals surface area contributed by atoms with Crippen molar-refractivity contribution in [1.82, 2.24) is 4.31 Å². The van der Waals surface area contributed by atoms with Crippen LogP contribution in [0.2, 0.25) is 0 Å². The average molecular weight is 378 g/mol. The van der Waals surface area contributed by atoms with Crippen LogP contribution in [0.3, 0.4) is 0 Å². The second kappa shape index (κ2) is 7.05. The van der Waals surface area contributed by atoms with E-state index in [1.807, 2.05) is 0 Å². The fourth-order valence-corrected chi connectivity index (χ4v) is 4.40. The van der Waals surface area contributed by atoms with Crippen LogP contribution in [0, 0.1) is 5.82 Å². The number of anilines is 1. The van der Waals surface area contributed by atoms with E-state index in [9.17, 15) is 17.6 Å². The first-order valence-electron chi connectivity index (χ1n) is 7.96. The Balaban J connectivity index is 1.95. The normalized spacial score (nSPS) is 15.5. The lowest BCUT2D eigenvalue weighted by Gasteiger charge is -2.20. The lowest BCUT2D eigenvalue weighted by Crippen LogP contribution is -2.38. The fourth-order valence-electron chi connectivity index (χ4n) is 2.95. The van der Waals surface area contributed by atoms with Gasteiger partial charge in [0, 0.05) is 24.8 Å². The minimum Gasteiger partial charge on any atom is -0.496 e. The lowest BCUT2D eigenvalue weighted by molar-refractivity contribution is -0.118. The maximum Gasteiger partial charge on any atom is 0.242 e. The fraction of sp³-hybridized carbons (Fsp3) is 0.278. The van der Waals surface area contributed by atoms with Crippen LogP contribution in [0.1, 0.15) is 11.1 Å². The first kappa shape index (κ1) is 18.3. The minimum atomic E-state index is -3.87. The van der Waals surface area contributed by atoms with Gasteiger partial charge in [-0.3, -0.25) is 4.79 Å². The highest BCUT2D eigenvalue weighted by atomic mass is 32.2. The number of ether oxygens (including phenoxy) is 1. The average Bonchev–Trinajstić information content (AvgIpc) is 2.73. The summed E-state index contributed by atoms with van der Waals surface area (Å²) in [6, 6.07) is 10.9. The first-order valence-corrected chi connectivity index (χ1v) is 9.57. The van der Waals surface area contributed by atoms with Gasteiger partial charge < -0.3 is 9.64 Å². The summed E-state index contributed by atoms with van der Waals surface area (Å²) in [5, 5.41) is 0. The number of sulfonamides is 1. The van der Waals surface area contributed by atoms with E-state index in [-0.39, 0.29) is 30.3 Å². The van der Waals surface area contributed by atoms with Crippen LogP contribution in [0.25, 0.3) is 0 Å². The van der Waals surface area contributed by atoms with Crippen molar-refractivity contribution in [2.75, 3.05) is 25.6 Å². The number of nitrogens with zero attached hydrogens (tertiary/aromatic N) is 2. The van der Waals surface area contributed by atoms with Crippen molar-refractivity contribution in [1.29, 1.82) is 0 Å². The maximum absolute atomic E-state index is 13.6. The zero-order valence-corrected chi connectivity index (χ0v) is 15.3. The number of carbonyl (C=O) groups excluding carboxylic acids is 1. The van der Waals surface area contributed by atoms with E-state index in [1.165, 1.54) is 24.1 Å². The van der Waals surface area contributed by atoms with Crippen molar-refractivity contribution in [3.8, 4) is 5.75 Å². The largest absolute Gasteiger partial charge is 0.496 e. The van der Waals surface area contributed by atoms with E-state index in [0.29, 0.717) is 5.69 Å². The van der Waals surface area contributed by atoms with E-state index in [1.54, 1.807) is 31.3 Å². The van der Waals surface area contributed by atoms with Gasteiger partial charge in [0.15, 0.2) is 0 Å². The van der Waals surface area contributed by atoms with E-state index >= 15 is 0 Å². The number of likely N-dealkylation sites (N-methyl/N-ethyl adjacent to an activating group) is 1. The standard InChI is InChI=1S/C18H19FN2O4S/c1-20-16-6-4-3-5-13(16)10-21(11-18(20)22)26(23,24)12-14-9-15(19)7-8-17(14)25-2/h3-9H,10-12H2,1-2H3. The molecule has 0 saturated heterocycles. The van der Waals surface area contributed by atoms with E-state index in [4.69, 9.17) is 4.74 Å². The summed E-state index contributed by atoms with van der Waals surface area (Å²) in [4.78, 5) is 13.9. The number of carbonyl (C=O) groups is 1. The molecule has 138 valence electrons. The number of benzene rings is 2. The molecule has 2 aromatic carbocycles. The predicted molar refractivity (Wildman–Crippen MR) is 95.8 cm³/mol. The molecule has 1 heterocycles. The van der Waals surface area contributed by atoms with Gasteiger partial charge in [0.25, 0.3) is 0 Å². The molecule has 0 aliphatic carbocycles. The monoisotopic (exact) mass is 378 g/mol. The molecule has 0 N–H and O–H groups in total. The van der Waals surface area contributed by atoms with E-state index < -0.39 is 21.6 Å². The Kier molecular flexibility index (Phi) is 4.97. The van der Waals surface area contributed by atoms with Gasteiger partial charge in [0.2, 0.25) is 15.9 Å². The summed E-state index contributed by atoms with van der Waals surface area (Å²) < 4.78 is 45.7. The van der Waals surface area contributed by atoms with Crippen LogP contribution in [0.15, 0.2) is 42.5 Å². The maximum atomic E-state index is 13.6. The van der Waals surface area contributed by atoms with E-state index in [0.717, 1.165) is 15.9 Å². The molecule has 0 saturated carbocycles. The predicted octanol–water partition coefficient (Wildman–Crippen LogP) is 2.14. The first-order chi connectivity index (χ1) is 12.3. The van der Waals surface area contributed by atoms with Crippen molar-refractivity contribution in [2.24, 2.45) is 0 Å². The highest BCUT2D eigenvalue weighted by Crippen LogP contribution is 2.28. The highest BCUT2D eigenvalue weighted by Gasteiger charge is 2.31. The Bertz CT molecular complexity index is 946. The van der Waals surface area contributed by atoms with Crippen LogP contribution in [0.4, 0.5) is 10.1 Å². The van der Waals surface area contributed by atoms with Crippen LogP contribution in [-0.4, -0.2) is 39.3 Å². The molecule has 0 bridgehead atoms. The van der Waals surface area contributed by atoms with Crippen LogP contribution in [0.5, 0.6) is 5.75 Å². The third-order valence-electron chi connectivity index (χ3n) is 4.36. The molecule has 6 nitrogen and oxygen atoms in total. The highest BCUT2D eigenvalue weighted by molar-refractivity contribution is 7.88. The molecule has 2 aromatic rings.